The largest absolute Gasteiger partial charge is 0.378 e. The summed E-state index contributed by atoms with van der Waals surface area (Å²) in [6, 6.07) is 10.2. The van der Waals surface area contributed by atoms with Crippen LogP contribution in [0.2, 0.25) is 0 Å². The van der Waals surface area contributed by atoms with Gasteiger partial charge in [-0.1, -0.05) is 12.1 Å². The van der Waals surface area contributed by atoms with Gasteiger partial charge >= 0.3 is 0 Å². The number of amides is 1. The van der Waals surface area contributed by atoms with E-state index in [1.165, 1.54) is 4.90 Å². The Kier molecular flexibility index (Phi) is 6.77. The molecule has 2 aliphatic heterocycles. The molecule has 10 heteroatoms. The highest BCUT2D eigenvalue weighted by Crippen LogP contribution is 2.27. The molecular formula is C24H27FN6O3. The predicted molar refractivity (Wildman–Crippen MR) is 127 cm³/mol. The summed E-state index contributed by atoms with van der Waals surface area (Å²) in [5.41, 5.74) is 4.30. The van der Waals surface area contributed by atoms with E-state index in [1.54, 1.807) is 12.4 Å². The van der Waals surface area contributed by atoms with Crippen LogP contribution < -0.4 is 10.2 Å². The molecule has 0 spiro atoms. The van der Waals surface area contributed by atoms with Crippen LogP contribution in [0.4, 0.5) is 15.9 Å². The van der Waals surface area contributed by atoms with Gasteiger partial charge in [-0.2, -0.15) is 0 Å². The van der Waals surface area contributed by atoms with Crippen LogP contribution in [0.15, 0.2) is 42.7 Å². The molecule has 2 aromatic heterocycles. The summed E-state index contributed by atoms with van der Waals surface area (Å²) in [6.45, 7) is 3.79. The van der Waals surface area contributed by atoms with E-state index in [1.807, 2.05) is 6.07 Å². The van der Waals surface area contributed by atoms with Crippen molar-refractivity contribution in [3.05, 3.63) is 42.7 Å². The van der Waals surface area contributed by atoms with Gasteiger partial charge in [0, 0.05) is 56.4 Å². The molecule has 178 valence electrons. The minimum absolute atomic E-state index is 0.269. The summed E-state index contributed by atoms with van der Waals surface area (Å²) in [7, 11) is 0. The van der Waals surface area contributed by atoms with Crippen molar-refractivity contribution in [2.24, 2.45) is 0 Å². The fourth-order valence-electron chi connectivity index (χ4n) is 4.27. The first-order valence-corrected chi connectivity index (χ1v) is 11.5. The Balaban J connectivity index is 1.36. The third kappa shape index (κ3) is 4.92. The van der Waals surface area contributed by atoms with Crippen molar-refractivity contribution in [3.63, 3.8) is 0 Å². The fraction of sp³-hybridized carbons (Fsp3) is 0.417. The zero-order chi connectivity index (χ0) is 23.3. The smallest absolute Gasteiger partial charge is 0.254 e. The number of alkyl halides is 1. The number of hydrogen-bond acceptors (Lipinski definition) is 8. The minimum atomic E-state index is -0.992. The van der Waals surface area contributed by atoms with Crippen molar-refractivity contribution in [1.82, 2.24) is 19.9 Å². The van der Waals surface area contributed by atoms with Gasteiger partial charge in [-0.05, 0) is 18.2 Å². The van der Waals surface area contributed by atoms with Crippen LogP contribution in [0.25, 0.3) is 22.3 Å². The second kappa shape index (κ2) is 10.3. The van der Waals surface area contributed by atoms with Crippen molar-refractivity contribution in [2.75, 3.05) is 69.4 Å². The number of nitrogens with zero attached hydrogens (tertiary/aromatic N) is 5. The van der Waals surface area contributed by atoms with Crippen molar-refractivity contribution in [3.8, 4) is 11.3 Å². The van der Waals surface area contributed by atoms with Crippen molar-refractivity contribution in [2.45, 2.75) is 6.10 Å². The van der Waals surface area contributed by atoms with Gasteiger partial charge in [-0.3, -0.25) is 9.78 Å². The molecule has 3 aromatic rings. The van der Waals surface area contributed by atoms with Crippen LogP contribution in [0.1, 0.15) is 0 Å². The molecule has 5 rings (SSSR count). The lowest BCUT2D eigenvalue weighted by Crippen LogP contribution is -2.48. The Labute approximate surface area is 196 Å². The quantitative estimate of drug-likeness (QED) is 0.591. The van der Waals surface area contributed by atoms with Crippen molar-refractivity contribution < 1.29 is 18.7 Å². The number of rotatable bonds is 6. The number of morpholine rings is 2. The molecule has 2 fully saturated rings. The molecule has 0 saturated carbocycles. The maximum Gasteiger partial charge on any atom is 0.254 e. The molecule has 0 unspecified atom stereocenters. The van der Waals surface area contributed by atoms with E-state index in [4.69, 9.17) is 14.5 Å². The Hall–Kier alpha value is -3.37. The van der Waals surface area contributed by atoms with E-state index in [9.17, 15) is 9.18 Å². The maximum atomic E-state index is 12.8. The first-order valence-electron chi connectivity index (χ1n) is 11.5. The zero-order valence-corrected chi connectivity index (χ0v) is 18.8. The molecule has 1 aromatic carbocycles. The highest BCUT2D eigenvalue weighted by Gasteiger charge is 2.24. The molecule has 9 nitrogen and oxygen atoms in total. The van der Waals surface area contributed by atoms with Crippen molar-refractivity contribution in [1.29, 1.82) is 0 Å². The maximum absolute atomic E-state index is 12.8. The summed E-state index contributed by atoms with van der Waals surface area (Å²) in [5.74, 6) is 0.0839. The van der Waals surface area contributed by atoms with Crippen LogP contribution in [0.5, 0.6) is 0 Å². The second-order valence-electron chi connectivity index (χ2n) is 8.27. The van der Waals surface area contributed by atoms with Gasteiger partial charge in [0.1, 0.15) is 5.52 Å². The summed E-state index contributed by atoms with van der Waals surface area (Å²) in [5, 5.41) is 3.32. The predicted octanol–water partition coefficient (Wildman–Crippen LogP) is 2.14. The Morgan fingerprint density at radius 3 is 2.68 bits per heavy atom. The monoisotopic (exact) mass is 466 g/mol. The van der Waals surface area contributed by atoms with Gasteiger partial charge in [0.2, 0.25) is 0 Å². The molecule has 0 aliphatic carbocycles. The number of carbonyl (C=O) groups is 1. The molecule has 1 N–H and O–H groups in total. The highest BCUT2D eigenvalue weighted by molar-refractivity contribution is 5.88. The van der Waals surface area contributed by atoms with Crippen LogP contribution in [-0.2, 0) is 14.3 Å². The Bertz CT molecular complexity index is 1140. The minimum Gasteiger partial charge on any atom is -0.378 e. The lowest BCUT2D eigenvalue weighted by atomic mass is 10.1. The fourth-order valence-corrected chi connectivity index (χ4v) is 4.27. The van der Waals surface area contributed by atoms with E-state index < -0.39 is 12.6 Å². The summed E-state index contributed by atoms with van der Waals surface area (Å²) in [6.07, 6.45) is 3.02. The number of fused-ring (bicyclic) bond motifs is 1. The van der Waals surface area contributed by atoms with Gasteiger partial charge in [0.05, 0.1) is 37.1 Å². The molecular weight excluding hydrogens is 439 g/mol. The molecule has 34 heavy (non-hydrogen) atoms. The molecule has 1 amide bonds. The molecule has 2 saturated heterocycles. The molecule has 0 bridgehead atoms. The molecule has 1 atom stereocenters. The first-order chi connectivity index (χ1) is 16.7. The number of hydrogen-bond donors (Lipinski definition) is 1. The first kappa shape index (κ1) is 22.4. The highest BCUT2D eigenvalue weighted by atomic mass is 19.1. The van der Waals surface area contributed by atoms with E-state index in [0.717, 1.165) is 48.8 Å². The topological polar surface area (TPSA) is 92.7 Å². The number of anilines is 2. The Morgan fingerprint density at radius 1 is 1.09 bits per heavy atom. The number of halogens is 1. The van der Waals surface area contributed by atoms with Crippen LogP contribution >= 0.6 is 0 Å². The molecule has 0 radical (unpaired) electrons. The Morgan fingerprint density at radius 2 is 1.88 bits per heavy atom. The van der Waals surface area contributed by atoms with Crippen LogP contribution in [0.3, 0.4) is 0 Å². The van der Waals surface area contributed by atoms with E-state index in [0.29, 0.717) is 37.6 Å². The standard InChI is InChI=1S/C24H27FN6O3/c25-14-22(32)31-9-12-34-19(16-31)15-28-24-23-21(26-5-6-27-23)13-20(29-24)17-1-3-18(4-2-17)30-7-10-33-11-8-30/h1-6,13,19H,7-12,14-16H2,(H,28,29)/t19-/m1/s1. The SMILES string of the molecule is O=C(CF)N1CCO[C@H](CNc2nc(-c3ccc(N4CCOCC4)cc3)cc3nccnc23)C1. The van der Waals surface area contributed by atoms with Crippen LogP contribution in [-0.4, -0.2) is 91.1 Å². The van der Waals surface area contributed by atoms with Gasteiger partial charge in [-0.15, -0.1) is 0 Å². The van der Waals surface area contributed by atoms with E-state index in [2.05, 4.69) is 44.5 Å². The van der Waals surface area contributed by atoms with E-state index in [-0.39, 0.29) is 6.10 Å². The lowest BCUT2D eigenvalue weighted by molar-refractivity contribution is -0.139. The third-order valence-corrected chi connectivity index (χ3v) is 6.10. The number of nitrogens with one attached hydrogen (secondary N) is 1. The number of benzene rings is 1. The van der Waals surface area contributed by atoms with Crippen LogP contribution in [0, 0.1) is 0 Å². The molecule has 4 heterocycles. The van der Waals surface area contributed by atoms with Crippen molar-refractivity contribution >= 4 is 28.4 Å². The average Bonchev–Trinajstić information content (AvgIpc) is 2.92. The number of pyridine rings is 1. The summed E-state index contributed by atoms with van der Waals surface area (Å²) < 4.78 is 24.0. The van der Waals surface area contributed by atoms with Gasteiger partial charge < -0.3 is 24.6 Å². The van der Waals surface area contributed by atoms with Gasteiger partial charge in [0.25, 0.3) is 5.91 Å². The van der Waals surface area contributed by atoms with Gasteiger partial charge in [-0.25, -0.2) is 14.4 Å². The second-order valence-corrected chi connectivity index (χ2v) is 8.27. The number of carbonyl (C=O) groups excluding carboxylic acids is 1. The van der Waals surface area contributed by atoms with E-state index >= 15 is 0 Å². The number of ether oxygens (including phenoxy) is 2. The molecule has 2 aliphatic rings. The summed E-state index contributed by atoms with van der Waals surface area (Å²) in [4.78, 5) is 29.3. The third-order valence-electron chi connectivity index (χ3n) is 6.10. The number of aromatic nitrogens is 3. The van der Waals surface area contributed by atoms with Gasteiger partial charge in [0.15, 0.2) is 12.5 Å². The zero-order valence-electron chi connectivity index (χ0n) is 18.8. The lowest BCUT2D eigenvalue weighted by Gasteiger charge is -2.32. The summed E-state index contributed by atoms with van der Waals surface area (Å²) >= 11 is 0. The normalized spacial score (nSPS) is 18.8. The average molecular weight is 467 g/mol.